The number of aromatic hydroxyl groups is 1. The van der Waals surface area contributed by atoms with Crippen LogP contribution in [0.15, 0.2) is 30.3 Å². The molecule has 2 N–H and O–H groups in total. The third kappa shape index (κ3) is 5.46. The zero-order valence-electron chi connectivity index (χ0n) is 19.9. The predicted molar refractivity (Wildman–Crippen MR) is 123 cm³/mol. The molecule has 0 aliphatic heterocycles. The molecule has 2 aromatic rings. The van der Waals surface area contributed by atoms with E-state index in [2.05, 4.69) is 5.32 Å². The van der Waals surface area contributed by atoms with Gasteiger partial charge in [0.1, 0.15) is 5.75 Å². The number of esters is 2. The third-order valence-electron chi connectivity index (χ3n) is 5.02. The van der Waals surface area contributed by atoms with Crippen LogP contribution >= 0.6 is 0 Å². The molecule has 0 saturated carbocycles. The summed E-state index contributed by atoms with van der Waals surface area (Å²) in [5.74, 6) is -1.58. The van der Waals surface area contributed by atoms with Gasteiger partial charge < -0.3 is 19.9 Å². The van der Waals surface area contributed by atoms with Gasteiger partial charge in [0.2, 0.25) is 0 Å². The van der Waals surface area contributed by atoms with Crippen LogP contribution in [-0.2, 0) is 20.3 Å². The molecule has 0 saturated heterocycles. The van der Waals surface area contributed by atoms with Crippen molar-refractivity contribution >= 4 is 23.5 Å². The Labute approximate surface area is 188 Å². The highest BCUT2D eigenvalue weighted by molar-refractivity contribution is 6.06. The van der Waals surface area contributed by atoms with Gasteiger partial charge in [0, 0.05) is 22.4 Å². The van der Waals surface area contributed by atoms with Crippen LogP contribution in [0.1, 0.15) is 83.7 Å². The van der Waals surface area contributed by atoms with Crippen LogP contribution in [0.3, 0.4) is 0 Å². The number of hydrogen-bond donors (Lipinski definition) is 2. The first-order chi connectivity index (χ1) is 14.7. The minimum absolute atomic E-state index is 0.0992. The molecule has 0 aliphatic carbocycles. The lowest BCUT2D eigenvalue weighted by Gasteiger charge is -2.28. The van der Waals surface area contributed by atoms with E-state index in [0.29, 0.717) is 16.7 Å². The van der Waals surface area contributed by atoms with Gasteiger partial charge in [-0.15, -0.1) is 0 Å². The molecule has 0 unspecified atom stereocenters. The summed E-state index contributed by atoms with van der Waals surface area (Å²) < 4.78 is 9.47. The van der Waals surface area contributed by atoms with Crippen molar-refractivity contribution in [3.63, 3.8) is 0 Å². The maximum Gasteiger partial charge on any atom is 0.337 e. The van der Waals surface area contributed by atoms with Crippen LogP contribution in [0.25, 0.3) is 0 Å². The standard InChI is InChI=1S/C25H31NO6/c1-24(2,3)18-12-14(13-19(20(18)27)25(4,5)6)21(28)26-17-10-15(22(29)31-7)9-16(11-17)23(30)32-8/h9-13,27H,1-8H3,(H,26,28). The highest BCUT2D eigenvalue weighted by Crippen LogP contribution is 2.40. The number of amides is 1. The molecular weight excluding hydrogens is 410 g/mol. The molecule has 32 heavy (non-hydrogen) atoms. The number of rotatable bonds is 4. The molecule has 7 nitrogen and oxygen atoms in total. The van der Waals surface area contributed by atoms with Crippen molar-refractivity contribution in [1.29, 1.82) is 0 Å². The van der Waals surface area contributed by atoms with Crippen molar-refractivity contribution in [1.82, 2.24) is 0 Å². The molecule has 172 valence electrons. The van der Waals surface area contributed by atoms with E-state index in [1.807, 2.05) is 41.5 Å². The van der Waals surface area contributed by atoms with Gasteiger partial charge >= 0.3 is 11.9 Å². The van der Waals surface area contributed by atoms with Crippen LogP contribution < -0.4 is 5.32 Å². The number of ether oxygens (including phenoxy) is 2. The summed E-state index contributed by atoms with van der Waals surface area (Å²) in [4.78, 5) is 37.2. The van der Waals surface area contributed by atoms with Crippen LogP contribution in [0, 0.1) is 0 Å². The van der Waals surface area contributed by atoms with Gasteiger partial charge in [-0.1, -0.05) is 41.5 Å². The first-order valence-corrected chi connectivity index (χ1v) is 10.2. The topological polar surface area (TPSA) is 102 Å². The molecule has 2 aromatic carbocycles. The summed E-state index contributed by atoms with van der Waals surface area (Å²) in [7, 11) is 2.45. The van der Waals surface area contributed by atoms with E-state index in [1.165, 1.54) is 32.4 Å². The Kier molecular flexibility index (Phi) is 7.03. The van der Waals surface area contributed by atoms with Crippen LogP contribution in [-0.4, -0.2) is 37.2 Å². The van der Waals surface area contributed by atoms with E-state index in [9.17, 15) is 19.5 Å². The fourth-order valence-electron chi connectivity index (χ4n) is 3.28. The van der Waals surface area contributed by atoms with Crippen molar-refractivity contribution in [3.05, 3.63) is 58.1 Å². The monoisotopic (exact) mass is 441 g/mol. The van der Waals surface area contributed by atoms with E-state index in [0.717, 1.165) is 0 Å². The van der Waals surface area contributed by atoms with Gasteiger partial charge in [0.15, 0.2) is 0 Å². The molecule has 0 aromatic heterocycles. The van der Waals surface area contributed by atoms with Gasteiger partial charge in [-0.25, -0.2) is 9.59 Å². The van der Waals surface area contributed by atoms with Gasteiger partial charge in [-0.05, 0) is 41.2 Å². The summed E-state index contributed by atoms with van der Waals surface area (Å²) in [6.45, 7) is 11.7. The van der Waals surface area contributed by atoms with E-state index >= 15 is 0 Å². The lowest BCUT2D eigenvalue weighted by molar-refractivity contribution is 0.0598. The number of carbonyl (C=O) groups excluding carboxylic acids is 3. The minimum atomic E-state index is -0.652. The predicted octanol–water partition coefficient (Wildman–Crippen LogP) is 4.81. The Bertz CT molecular complexity index is 988. The Morgan fingerprint density at radius 3 is 1.47 bits per heavy atom. The molecule has 0 radical (unpaired) electrons. The lowest BCUT2D eigenvalue weighted by Crippen LogP contribution is -2.21. The number of methoxy groups -OCH3 is 2. The fourth-order valence-corrected chi connectivity index (χ4v) is 3.28. The number of phenols is 1. The molecule has 7 heteroatoms. The lowest BCUT2D eigenvalue weighted by atomic mass is 9.78. The van der Waals surface area contributed by atoms with E-state index in [-0.39, 0.29) is 22.6 Å². The molecule has 0 heterocycles. The smallest absolute Gasteiger partial charge is 0.337 e. The first kappa shape index (κ1) is 24.9. The van der Waals surface area contributed by atoms with E-state index < -0.39 is 28.7 Å². The van der Waals surface area contributed by atoms with Gasteiger partial charge in [-0.2, -0.15) is 0 Å². The Morgan fingerprint density at radius 1 is 0.719 bits per heavy atom. The Morgan fingerprint density at radius 2 is 1.12 bits per heavy atom. The average molecular weight is 442 g/mol. The van der Waals surface area contributed by atoms with Crippen molar-refractivity contribution in [2.75, 3.05) is 19.5 Å². The largest absolute Gasteiger partial charge is 0.507 e. The third-order valence-corrected chi connectivity index (χ3v) is 5.02. The zero-order valence-corrected chi connectivity index (χ0v) is 19.9. The van der Waals surface area contributed by atoms with Crippen LogP contribution in [0.4, 0.5) is 5.69 Å². The van der Waals surface area contributed by atoms with Gasteiger partial charge in [0.25, 0.3) is 5.91 Å². The molecule has 0 spiro atoms. The quantitative estimate of drug-likeness (QED) is 0.660. The fraction of sp³-hybridized carbons (Fsp3) is 0.400. The van der Waals surface area contributed by atoms with Crippen LogP contribution in [0.5, 0.6) is 5.75 Å². The Balaban J connectivity index is 2.57. The summed E-state index contributed by atoms with van der Waals surface area (Å²) in [6.07, 6.45) is 0. The normalized spacial score (nSPS) is 11.6. The minimum Gasteiger partial charge on any atom is -0.507 e. The summed E-state index contributed by atoms with van der Waals surface area (Å²) in [5.41, 5.74) is 1.28. The van der Waals surface area contributed by atoms with Crippen molar-refractivity contribution < 1.29 is 29.0 Å². The maximum absolute atomic E-state index is 13.2. The van der Waals surface area contributed by atoms with Crippen LogP contribution in [0.2, 0.25) is 0 Å². The number of phenolic OH excluding ortho intramolecular Hbond substituents is 1. The molecule has 0 atom stereocenters. The molecule has 0 fully saturated rings. The van der Waals surface area contributed by atoms with E-state index in [1.54, 1.807) is 12.1 Å². The summed E-state index contributed by atoms with van der Waals surface area (Å²) in [5, 5.41) is 13.6. The molecule has 0 aliphatic rings. The molecular formula is C25H31NO6. The summed E-state index contributed by atoms with van der Waals surface area (Å²) in [6, 6.07) is 7.50. The second-order valence-electron chi connectivity index (χ2n) is 9.66. The Hall–Kier alpha value is -3.35. The highest BCUT2D eigenvalue weighted by Gasteiger charge is 2.28. The number of hydrogen-bond acceptors (Lipinski definition) is 6. The number of benzene rings is 2. The maximum atomic E-state index is 13.2. The van der Waals surface area contributed by atoms with Gasteiger partial charge in [-0.3, -0.25) is 4.79 Å². The van der Waals surface area contributed by atoms with Crippen molar-refractivity contribution in [3.8, 4) is 5.75 Å². The summed E-state index contributed by atoms with van der Waals surface area (Å²) >= 11 is 0. The number of nitrogens with one attached hydrogen (secondary N) is 1. The second-order valence-corrected chi connectivity index (χ2v) is 9.66. The zero-order chi connectivity index (χ0) is 24.4. The highest BCUT2D eigenvalue weighted by atomic mass is 16.5. The molecule has 1 amide bonds. The SMILES string of the molecule is COC(=O)c1cc(NC(=O)c2cc(C(C)(C)C)c(O)c(C(C)(C)C)c2)cc(C(=O)OC)c1. The molecule has 0 bridgehead atoms. The average Bonchev–Trinajstić information content (AvgIpc) is 2.70. The number of carbonyl (C=O) groups is 3. The van der Waals surface area contributed by atoms with Crippen molar-refractivity contribution in [2.45, 2.75) is 52.4 Å². The second kappa shape index (κ2) is 9.02. The first-order valence-electron chi connectivity index (χ1n) is 10.2. The van der Waals surface area contributed by atoms with E-state index in [4.69, 9.17) is 9.47 Å². The molecule has 2 rings (SSSR count). The van der Waals surface area contributed by atoms with Crippen molar-refractivity contribution in [2.24, 2.45) is 0 Å². The number of anilines is 1. The van der Waals surface area contributed by atoms with Gasteiger partial charge in [0.05, 0.1) is 25.3 Å².